The van der Waals surface area contributed by atoms with Crippen LogP contribution >= 0.6 is 0 Å². The molecule has 0 unspecified atom stereocenters. The molecule has 2 amide bonds. The number of anilines is 2. The van der Waals surface area contributed by atoms with Crippen LogP contribution in [0.15, 0.2) is 53.0 Å². The molecule has 0 saturated carbocycles. The van der Waals surface area contributed by atoms with Gasteiger partial charge in [0.15, 0.2) is 5.76 Å². The summed E-state index contributed by atoms with van der Waals surface area (Å²) in [5, 5.41) is 8.60. The number of carbonyl (C=O) groups excluding carboxylic acids is 2. The number of amides is 2. The predicted molar refractivity (Wildman–Crippen MR) is 87.4 cm³/mol. The molecular formula is C17H17N3O3. The highest BCUT2D eigenvalue weighted by Crippen LogP contribution is 2.16. The molecule has 6 heteroatoms. The lowest BCUT2D eigenvalue weighted by molar-refractivity contribution is -0.116. The Balaban J connectivity index is 1.59. The topological polar surface area (TPSA) is 83.4 Å². The number of aryl methyl sites for hydroxylation is 1. The highest BCUT2D eigenvalue weighted by molar-refractivity contribution is 6.02. The molecule has 2 aromatic rings. The van der Waals surface area contributed by atoms with E-state index in [0.717, 1.165) is 0 Å². The Labute approximate surface area is 133 Å². The quantitative estimate of drug-likeness (QED) is 0.757. The van der Waals surface area contributed by atoms with Gasteiger partial charge in [-0.05, 0) is 43.3 Å². The average molecular weight is 311 g/mol. The highest BCUT2D eigenvalue weighted by atomic mass is 16.3. The van der Waals surface area contributed by atoms with Gasteiger partial charge in [0.05, 0.1) is 0 Å². The van der Waals surface area contributed by atoms with Gasteiger partial charge in [0.2, 0.25) is 5.91 Å². The molecule has 6 nitrogen and oxygen atoms in total. The van der Waals surface area contributed by atoms with Crippen LogP contribution in [0, 0.1) is 6.92 Å². The SMILES string of the molecule is Cc1ccc(C(=O)Nc2ccc(NC(=O)[C@@H]3C=CCN3)cc2)o1. The van der Waals surface area contributed by atoms with Gasteiger partial charge in [0.25, 0.3) is 5.91 Å². The number of nitrogens with one attached hydrogen (secondary N) is 3. The van der Waals surface area contributed by atoms with Crippen LogP contribution < -0.4 is 16.0 Å². The van der Waals surface area contributed by atoms with E-state index in [1.807, 2.05) is 12.2 Å². The summed E-state index contributed by atoms with van der Waals surface area (Å²) in [6.07, 6.45) is 3.74. The molecule has 1 aromatic carbocycles. The van der Waals surface area contributed by atoms with E-state index >= 15 is 0 Å². The van der Waals surface area contributed by atoms with Crippen LogP contribution in [0.25, 0.3) is 0 Å². The van der Waals surface area contributed by atoms with Crippen LogP contribution in [-0.4, -0.2) is 24.4 Å². The fourth-order valence-electron chi connectivity index (χ4n) is 2.25. The van der Waals surface area contributed by atoms with Crippen molar-refractivity contribution in [1.29, 1.82) is 0 Å². The minimum Gasteiger partial charge on any atom is -0.456 e. The van der Waals surface area contributed by atoms with E-state index in [-0.39, 0.29) is 23.6 Å². The molecule has 23 heavy (non-hydrogen) atoms. The molecule has 1 atom stereocenters. The molecule has 1 aliphatic heterocycles. The molecule has 1 aliphatic rings. The molecule has 0 saturated heterocycles. The summed E-state index contributed by atoms with van der Waals surface area (Å²) in [6.45, 7) is 2.48. The molecule has 3 rings (SSSR count). The zero-order valence-corrected chi connectivity index (χ0v) is 12.6. The number of hydrogen-bond donors (Lipinski definition) is 3. The average Bonchev–Trinajstić information content (AvgIpc) is 3.20. The Hall–Kier alpha value is -2.86. The summed E-state index contributed by atoms with van der Waals surface area (Å²) in [5.74, 6) is 0.526. The van der Waals surface area contributed by atoms with Crippen molar-refractivity contribution in [1.82, 2.24) is 5.32 Å². The lowest BCUT2D eigenvalue weighted by Gasteiger charge is -2.11. The Morgan fingerprint density at radius 2 is 1.78 bits per heavy atom. The lowest BCUT2D eigenvalue weighted by Crippen LogP contribution is -2.35. The number of carbonyl (C=O) groups is 2. The number of rotatable bonds is 4. The summed E-state index contributed by atoms with van der Waals surface area (Å²) in [5.41, 5.74) is 1.30. The van der Waals surface area contributed by atoms with E-state index in [0.29, 0.717) is 23.7 Å². The fraction of sp³-hybridized carbons (Fsp3) is 0.176. The summed E-state index contributed by atoms with van der Waals surface area (Å²) < 4.78 is 5.27. The van der Waals surface area contributed by atoms with Gasteiger partial charge in [0.1, 0.15) is 11.8 Å². The van der Waals surface area contributed by atoms with Crippen molar-refractivity contribution in [3.05, 3.63) is 60.1 Å². The third kappa shape index (κ3) is 3.67. The molecule has 118 valence electrons. The molecule has 0 fully saturated rings. The van der Waals surface area contributed by atoms with Crippen LogP contribution in [0.4, 0.5) is 11.4 Å². The number of furan rings is 1. The van der Waals surface area contributed by atoms with Gasteiger partial charge in [0, 0.05) is 17.9 Å². The summed E-state index contributed by atoms with van der Waals surface area (Å²) in [7, 11) is 0. The van der Waals surface area contributed by atoms with E-state index in [2.05, 4.69) is 16.0 Å². The molecule has 0 aliphatic carbocycles. The maximum Gasteiger partial charge on any atom is 0.291 e. The standard InChI is InChI=1S/C17H17N3O3/c1-11-4-9-15(23-11)17(22)20-13-7-5-12(6-8-13)19-16(21)14-3-2-10-18-14/h2-9,14,18H,10H2,1H3,(H,19,21)(H,20,22)/t14-/m0/s1. The van der Waals surface area contributed by atoms with Crippen molar-refractivity contribution >= 4 is 23.2 Å². The predicted octanol–water partition coefficient (Wildman–Crippen LogP) is 2.31. The Morgan fingerprint density at radius 3 is 2.35 bits per heavy atom. The Kier molecular flexibility index (Phi) is 4.25. The Bertz CT molecular complexity index is 747. The monoisotopic (exact) mass is 311 g/mol. The van der Waals surface area contributed by atoms with Crippen molar-refractivity contribution in [2.45, 2.75) is 13.0 Å². The van der Waals surface area contributed by atoms with Crippen molar-refractivity contribution in [3.63, 3.8) is 0 Å². The van der Waals surface area contributed by atoms with Gasteiger partial charge in [-0.25, -0.2) is 0 Å². The first-order chi connectivity index (χ1) is 11.1. The molecular weight excluding hydrogens is 294 g/mol. The van der Waals surface area contributed by atoms with Crippen molar-refractivity contribution in [3.8, 4) is 0 Å². The van der Waals surface area contributed by atoms with Crippen molar-refractivity contribution in [2.24, 2.45) is 0 Å². The second-order valence-electron chi connectivity index (χ2n) is 5.25. The van der Waals surface area contributed by atoms with Crippen LogP contribution in [0.2, 0.25) is 0 Å². The van der Waals surface area contributed by atoms with Gasteiger partial charge in [-0.1, -0.05) is 12.2 Å². The minimum absolute atomic E-state index is 0.110. The molecule has 2 heterocycles. The molecule has 1 aromatic heterocycles. The zero-order chi connectivity index (χ0) is 16.2. The molecule has 0 radical (unpaired) electrons. The summed E-state index contributed by atoms with van der Waals surface area (Å²) in [4.78, 5) is 23.9. The number of hydrogen-bond acceptors (Lipinski definition) is 4. The summed E-state index contributed by atoms with van der Waals surface area (Å²) >= 11 is 0. The fourth-order valence-corrected chi connectivity index (χ4v) is 2.25. The third-order valence-corrected chi connectivity index (χ3v) is 3.44. The van der Waals surface area contributed by atoms with Crippen LogP contribution in [0.1, 0.15) is 16.3 Å². The lowest BCUT2D eigenvalue weighted by atomic mass is 10.2. The van der Waals surface area contributed by atoms with E-state index in [1.165, 1.54) is 0 Å². The first-order valence-electron chi connectivity index (χ1n) is 7.30. The highest BCUT2D eigenvalue weighted by Gasteiger charge is 2.17. The van der Waals surface area contributed by atoms with Gasteiger partial charge < -0.3 is 15.1 Å². The maximum atomic E-state index is 12.0. The summed E-state index contributed by atoms with van der Waals surface area (Å²) in [6, 6.07) is 9.98. The molecule has 0 spiro atoms. The normalized spacial score (nSPS) is 16.3. The maximum absolute atomic E-state index is 12.0. The van der Waals surface area contributed by atoms with E-state index < -0.39 is 0 Å². The van der Waals surface area contributed by atoms with E-state index in [4.69, 9.17) is 4.42 Å². The molecule has 0 bridgehead atoms. The second kappa shape index (κ2) is 6.50. The van der Waals surface area contributed by atoms with Crippen molar-refractivity contribution < 1.29 is 14.0 Å². The first kappa shape index (κ1) is 15.1. The molecule has 3 N–H and O–H groups in total. The minimum atomic E-state index is -0.310. The van der Waals surface area contributed by atoms with Gasteiger partial charge in [-0.2, -0.15) is 0 Å². The largest absolute Gasteiger partial charge is 0.456 e. The van der Waals surface area contributed by atoms with Gasteiger partial charge >= 0.3 is 0 Å². The third-order valence-electron chi connectivity index (χ3n) is 3.44. The van der Waals surface area contributed by atoms with Crippen molar-refractivity contribution in [2.75, 3.05) is 17.2 Å². The van der Waals surface area contributed by atoms with Gasteiger partial charge in [-0.15, -0.1) is 0 Å². The zero-order valence-electron chi connectivity index (χ0n) is 12.6. The van der Waals surface area contributed by atoms with Gasteiger partial charge in [-0.3, -0.25) is 14.9 Å². The smallest absolute Gasteiger partial charge is 0.291 e. The van der Waals surface area contributed by atoms with E-state index in [9.17, 15) is 9.59 Å². The second-order valence-corrected chi connectivity index (χ2v) is 5.25. The van der Waals surface area contributed by atoms with Crippen LogP contribution in [0.5, 0.6) is 0 Å². The van der Waals surface area contributed by atoms with E-state index in [1.54, 1.807) is 43.3 Å². The Morgan fingerprint density at radius 1 is 1.09 bits per heavy atom. The van der Waals surface area contributed by atoms with Crippen LogP contribution in [-0.2, 0) is 4.79 Å². The number of benzene rings is 1. The first-order valence-corrected chi connectivity index (χ1v) is 7.30. The van der Waals surface area contributed by atoms with Crippen LogP contribution in [0.3, 0.4) is 0 Å².